The highest BCUT2D eigenvalue weighted by Gasteiger charge is 2.07. The molecule has 1 N–H and O–H groups in total. The lowest BCUT2D eigenvalue weighted by Gasteiger charge is -2.05. The van der Waals surface area contributed by atoms with Gasteiger partial charge in [0.15, 0.2) is 0 Å². The van der Waals surface area contributed by atoms with E-state index in [9.17, 15) is 4.79 Å². The van der Waals surface area contributed by atoms with E-state index in [1.807, 2.05) is 24.3 Å². The fourth-order valence-corrected chi connectivity index (χ4v) is 2.06. The zero-order valence-electron chi connectivity index (χ0n) is 9.36. The van der Waals surface area contributed by atoms with Gasteiger partial charge in [0.25, 0.3) is 5.91 Å². The highest BCUT2D eigenvalue weighted by molar-refractivity contribution is 9.10. The van der Waals surface area contributed by atoms with Crippen LogP contribution in [0.15, 0.2) is 46.9 Å². The van der Waals surface area contributed by atoms with Gasteiger partial charge in [-0.2, -0.15) is 0 Å². The fourth-order valence-electron chi connectivity index (χ4n) is 1.45. The number of hydrogen-bond acceptors (Lipinski definition) is 2. The van der Waals surface area contributed by atoms with Crippen molar-refractivity contribution in [3.8, 4) is 0 Å². The number of carbonyl (C=O) groups is 1. The van der Waals surface area contributed by atoms with Crippen LogP contribution in [0, 0.1) is 0 Å². The molecule has 0 aliphatic carbocycles. The third-order valence-electron chi connectivity index (χ3n) is 2.29. The Morgan fingerprint density at radius 3 is 2.78 bits per heavy atom. The van der Waals surface area contributed by atoms with Crippen LogP contribution in [-0.4, -0.2) is 10.9 Å². The Bertz CT molecular complexity index is 574. The maximum atomic E-state index is 11.8. The van der Waals surface area contributed by atoms with E-state index in [0.717, 1.165) is 10.0 Å². The normalized spacial score (nSPS) is 10.1. The summed E-state index contributed by atoms with van der Waals surface area (Å²) in [6.45, 7) is 0.451. The summed E-state index contributed by atoms with van der Waals surface area (Å²) in [4.78, 5) is 15.8. The number of benzene rings is 1. The van der Waals surface area contributed by atoms with Crippen molar-refractivity contribution in [2.75, 3.05) is 0 Å². The molecule has 0 saturated heterocycles. The summed E-state index contributed by atoms with van der Waals surface area (Å²) in [5, 5.41) is 3.10. The van der Waals surface area contributed by atoms with Gasteiger partial charge in [-0.05, 0) is 29.8 Å². The van der Waals surface area contributed by atoms with E-state index < -0.39 is 0 Å². The van der Waals surface area contributed by atoms with Crippen LogP contribution in [0.3, 0.4) is 0 Å². The van der Waals surface area contributed by atoms with Crippen molar-refractivity contribution in [2.45, 2.75) is 6.54 Å². The van der Waals surface area contributed by atoms with Gasteiger partial charge < -0.3 is 5.32 Å². The number of pyridine rings is 1. The van der Waals surface area contributed by atoms with E-state index in [-0.39, 0.29) is 5.91 Å². The molecule has 2 rings (SSSR count). The molecule has 0 spiro atoms. The monoisotopic (exact) mass is 324 g/mol. The lowest BCUT2D eigenvalue weighted by Crippen LogP contribution is -2.23. The summed E-state index contributed by atoms with van der Waals surface area (Å²) in [7, 11) is 0. The van der Waals surface area contributed by atoms with Crippen molar-refractivity contribution < 1.29 is 4.79 Å². The molecule has 1 heterocycles. The second-order valence-electron chi connectivity index (χ2n) is 3.66. The maximum Gasteiger partial charge on any atom is 0.270 e. The van der Waals surface area contributed by atoms with Crippen molar-refractivity contribution >= 4 is 33.4 Å². The molecule has 0 unspecified atom stereocenters. The lowest BCUT2D eigenvalue weighted by atomic mass is 10.2. The second kappa shape index (κ2) is 5.98. The van der Waals surface area contributed by atoms with Crippen LogP contribution in [0.25, 0.3) is 0 Å². The van der Waals surface area contributed by atoms with Crippen LogP contribution in [0.4, 0.5) is 0 Å². The Labute approximate surface area is 118 Å². The summed E-state index contributed by atoms with van der Waals surface area (Å²) < 4.78 is 0.982. The third-order valence-corrected chi connectivity index (χ3v) is 2.99. The first-order valence-corrected chi connectivity index (χ1v) is 6.47. The van der Waals surface area contributed by atoms with E-state index in [4.69, 9.17) is 11.6 Å². The largest absolute Gasteiger partial charge is 0.347 e. The third kappa shape index (κ3) is 3.55. The number of nitrogens with zero attached hydrogens (tertiary/aromatic N) is 1. The van der Waals surface area contributed by atoms with Crippen LogP contribution in [0.1, 0.15) is 16.1 Å². The molecule has 0 fully saturated rings. The number of amides is 1. The highest BCUT2D eigenvalue weighted by atomic mass is 79.9. The molecule has 1 amide bonds. The predicted molar refractivity (Wildman–Crippen MR) is 74.6 cm³/mol. The Morgan fingerprint density at radius 2 is 2.06 bits per heavy atom. The van der Waals surface area contributed by atoms with Crippen molar-refractivity contribution in [1.29, 1.82) is 0 Å². The van der Waals surface area contributed by atoms with Crippen LogP contribution in [0.5, 0.6) is 0 Å². The number of halogens is 2. The van der Waals surface area contributed by atoms with E-state index in [1.54, 1.807) is 18.2 Å². The number of hydrogen-bond donors (Lipinski definition) is 1. The SMILES string of the molecule is O=C(NCc1cccc(Br)c1)c1cccc(Cl)n1. The quantitative estimate of drug-likeness (QED) is 0.879. The average molecular weight is 326 g/mol. The summed E-state index contributed by atoms with van der Waals surface area (Å²) in [6.07, 6.45) is 0. The molecule has 92 valence electrons. The smallest absolute Gasteiger partial charge is 0.270 e. The zero-order valence-corrected chi connectivity index (χ0v) is 11.7. The summed E-state index contributed by atoms with van der Waals surface area (Å²) in [5.74, 6) is -0.238. The molecule has 0 bridgehead atoms. The van der Waals surface area contributed by atoms with Gasteiger partial charge in [0, 0.05) is 11.0 Å². The van der Waals surface area contributed by atoms with Crippen molar-refractivity contribution in [1.82, 2.24) is 10.3 Å². The maximum absolute atomic E-state index is 11.8. The van der Waals surface area contributed by atoms with E-state index in [0.29, 0.717) is 17.4 Å². The van der Waals surface area contributed by atoms with Crippen LogP contribution in [-0.2, 0) is 6.54 Å². The average Bonchev–Trinajstić information content (AvgIpc) is 2.36. The number of rotatable bonds is 3. The Balaban J connectivity index is 2.00. The van der Waals surface area contributed by atoms with Gasteiger partial charge in [-0.1, -0.05) is 45.7 Å². The van der Waals surface area contributed by atoms with Crippen LogP contribution < -0.4 is 5.32 Å². The van der Waals surface area contributed by atoms with Crippen molar-refractivity contribution in [3.05, 3.63) is 63.3 Å². The molecular formula is C13H10BrClN2O. The van der Waals surface area contributed by atoms with Crippen LogP contribution >= 0.6 is 27.5 Å². The van der Waals surface area contributed by atoms with Gasteiger partial charge >= 0.3 is 0 Å². The summed E-state index contributed by atoms with van der Waals surface area (Å²) in [6, 6.07) is 12.7. The van der Waals surface area contributed by atoms with Crippen molar-refractivity contribution in [3.63, 3.8) is 0 Å². The van der Waals surface area contributed by atoms with E-state index in [2.05, 4.69) is 26.2 Å². The van der Waals surface area contributed by atoms with Crippen LogP contribution in [0.2, 0.25) is 5.15 Å². The van der Waals surface area contributed by atoms with Gasteiger partial charge in [0.2, 0.25) is 0 Å². The molecule has 3 nitrogen and oxygen atoms in total. The second-order valence-corrected chi connectivity index (χ2v) is 4.96. The lowest BCUT2D eigenvalue weighted by molar-refractivity contribution is 0.0946. The number of nitrogens with one attached hydrogen (secondary N) is 1. The Kier molecular flexibility index (Phi) is 4.33. The predicted octanol–water partition coefficient (Wildman–Crippen LogP) is 3.43. The molecule has 1 aromatic heterocycles. The standard InChI is InChI=1S/C13H10BrClN2O/c14-10-4-1-3-9(7-10)8-16-13(18)11-5-2-6-12(15)17-11/h1-7H,8H2,(H,16,18). The molecule has 0 radical (unpaired) electrons. The minimum Gasteiger partial charge on any atom is -0.347 e. The van der Waals surface area contributed by atoms with Gasteiger partial charge in [-0.25, -0.2) is 4.98 Å². The molecule has 0 saturated carbocycles. The first-order chi connectivity index (χ1) is 8.65. The highest BCUT2D eigenvalue weighted by Crippen LogP contribution is 2.11. The van der Waals surface area contributed by atoms with Gasteiger partial charge in [0.05, 0.1) is 0 Å². The molecule has 5 heteroatoms. The van der Waals surface area contributed by atoms with E-state index in [1.165, 1.54) is 0 Å². The topological polar surface area (TPSA) is 42.0 Å². The Morgan fingerprint density at radius 1 is 1.28 bits per heavy atom. The number of aromatic nitrogens is 1. The van der Waals surface area contributed by atoms with Gasteiger partial charge in [0.1, 0.15) is 10.8 Å². The van der Waals surface area contributed by atoms with E-state index >= 15 is 0 Å². The molecule has 0 aliphatic rings. The molecule has 1 aromatic carbocycles. The minimum absolute atomic E-state index is 0.238. The first-order valence-electron chi connectivity index (χ1n) is 5.30. The fraction of sp³-hybridized carbons (Fsp3) is 0.0769. The molecular weight excluding hydrogens is 316 g/mol. The minimum atomic E-state index is -0.238. The molecule has 2 aromatic rings. The summed E-state index contributed by atoms with van der Waals surface area (Å²) >= 11 is 9.11. The number of carbonyl (C=O) groups excluding carboxylic acids is 1. The van der Waals surface area contributed by atoms with Gasteiger partial charge in [-0.15, -0.1) is 0 Å². The molecule has 0 aliphatic heterocycles. The van der Waals surface area contributed by atoms with Crippen molar-refractivity contribution in [2.24, 2.45) is 0 Å². The molecule has 18 heavy (non-hydrogen) atoms. The zero-order chi connectivity index (χ0) is 13.0. The van der Waals surface area contributed by atoms with Gasteiger partial charge in [-0.3, -0.25) is 4.79 Å². The first kappa shape index (κ1) is 13.1. The molecule has 0 atom stereocenters. The summed E-state index contributed by atoms with van der Waals surface area (Å²) in [5.41, 5.74) is 1.33. The Hall–Kier alpha value is -1.39.